The second-order valence-electron chi connectivity index (χ2n) is 4.85. The second kappa shape index (κ2) is 5.53. The van der Waals surface area contributed by atoms with Gasteiger partial charge in [-0.1, -0.05) is 44.2 Å². The molecule has 2 aromatic rings. The van der Waals surface area contributed by atoms with E-state index in [1.54, 1.807) is 0 Å². The summed E-state index contributed by atoms with van der Waals surface area (Å²) in [7, 11) is 0. The van der Waals surface area contributed by atoms with Crippen molar-refractivity contribution in [3.63, 3.8) is 0 Å². The van der Waals surface area contributed by atoms with Crippen molar-refractivity contribution < 1.29 is 0 Å². The summed E-state index contributed by atoms with van der Waals surface area (Å²) in [5.41, 5.74) is 3.92. The fraction of sp³-hybridized carbons (Fsp3) is 0.400. The quantitative estimate of drug-likeness (QED) is 0.814. The molecule has 1 heterocycles. The third kappa shape index (κ3) is 2.56. The number of nitrogens with zero attached hydrogens (tertiary/aromatic N) is 1. The Morgan fingerprint density at radius 2 is 1.89 bits per heavy atom. The number of aromatic amines is 1. The van der Waals surface area contributed by atoms with Crippen LogP contribution in [0.5, 0.6) is 0 Å². The van der Waals surface area contributed by atoms with Gasteiger partial charge in [-0.3, -0.25) is 0 Å². The van der Waals surface area contributed by atoms with Crippen LogP contribution in [0.25, 0.3) is 0 Å². The highest BCUT2D eigenvalue weighted by Gasteiger charge is 2.14. The summed E-state index contributed by atoms with van der Waals surface area (Å²) in [5.74, 6) is 0.471. The Kier molecular flexibility index (Phi) is 4.02. The predicted molar refractivity (Wildman–Crippen MR) is 78.6 cm³/mol. The Morgan fingerprint density at radius 3 is 2.44 bits per heavy atom. The average Bonchev–Trinajstić information content (AvgIpc) is 2.67. The number of hydrogen-bond donors (Lipinski definition) is 1. The number of nitrogens with one attached hydrogen (secondary N) is 1. The van der Waals surface area contributed by atoms with Crippen molar-refractivity contribution >= 4 is 12.2 Å². The summed E-state index contributed by atoms with van der Waals surface area (Å²) in [6.07, 6.45) is 0.940. The molecule has 18 heavy (non-hydrogen) atoms. The molecule has 0 fully saturated rings. The van der Waals surface area contributed by atoms with Gasteiger partial charge in [-0.15, -0.1) is 0 Å². The molecule has 0 aliphatic heterocycles. The summed E-state index contributed by atoms with van der Waals surface area (Å²) in [6, 6.07) is 10.6. The molecule has 0 radical (unpaired) electrons. The van der Waals surface area contributed by atoms with Crippen molar-refractivity contribution in [1.82, 2.24) is 9.55 Å². The standard InChI is InChI=1S/C15H20N2S/c1-4-17-13(10-12-8-6-5-7-9-12)14(11(2)3)16-15(17)18/h5-9,11H,4,10H2,1-3H3,(H,16,18). The molecule has 3 heteroatoms. The molecule has 0 spiro atoms. The van der Waals surface area contributed by atoms with Gasteiger partial charge in [-0.05, 0) is 30.6 Å². The van der Waals surface area contributed by atoms with Crippen molar-refractivity contribution in [3.8, 4) is 0 Å². The molecule has 0 saturated carbocycles. The number of rotatable bonds is 4. The van der Waals surface area contributed by atoms with Gasteiger partial charge in [0.05, 0.1) is 0 Å². The molecule has 96 valence electrons. The van der Waals surface area contributed by atoms with E-state index in [0.29, 0.717) is 5.92 Å². The van der Waals surface area contributed by atoms with Crippen LogP contribution in [0.3, 0.4) is 0 Å². The molecule has 0 bridgehead atoms. The molecule has 2 rings (SSSR count). The van der Waals surface area contributed by atoms with Gasteiger partial charge >= 0.3 is 0 Å². The molecule has 0 saturated heterocycles. The van der Waals surface area contributed by atoms with E-state index >= 15 is 0 Å². The highest BCUT2D eigenvalue weighted by Crippen LogP contribution is 2.21. The summed E-state index contributed by atoms with van der Waals surface area (Å²) in [4.78, 5) is 3.36. The Balaban J connectivity index is 2.45. The smallest absolute Gasteiger partial charge is 0.177 e. The lowest BCUT2D eigenvalue weighted by molar-refractivity contribution is 0.704. The Hall–Kier alpha value is -1.35. The van der Waals surface area contributed by atoms with Crippen LogP contribution < -0.4 is 0 Å². The zero-order valence-corrected chi connectivity index (χ0v) is 12.1. The Bertz CT molecular complexity index is 564. The van der Waals surface area contributed by atoms with E-state index in [0.717, 1.165) is 17.7 Å². The number of benzene rings is 1. The molecule has 2 nitrogen and oxygen atoms in total. The summed E-state index contributed by atoms with van der Waals surface area (Å²) in [5, 5.41) is 0. The van der Waals surface area contributed by atoms with Gasteiger partial charge in [-0.25, -0.2) is 0 Å². The number of aromatic nitrogens is 2. The van der Waals surface area contributed by atoms with E-state index in [9.17, 15) is 0 Å². The zero-order chi connectivity index (χ0) is 13.1. The van der Waals surface area contributed by atoms with E-state index in [1.807, 2.05) is 0 Å². The SMILES string of the molecule is CCn1c(Cc2ccccc2)c(C(C)C)[nH]c1=S. The van der Waals surface area contributed by atoms with Crippen LogP contribution in [0.15, 0.2) is 30.3 Å². The van der Waals surface area contributed by atoms with Gasteiger partial charge in [0.15, 0.2) is 4.77 Å². The van der Waals surface area contributed by atoms with Crippen molar-refractivity contribution in [2.75, 3.05) is 0 Å². The fourth-order valence-corrected chi connectivity index (χ4v) is 2.66. The zero-order valence-electron chi connectivity index (χ0n) is 11.2. The van der Waals surface area contributed by atoms with Gasteiger partial charge in [0, 0.05) is 24.4 Å². The molecule has 0 unspecified atom stereocenters. The molecule has 0 amide bonds. The van der Waals surface area contributed by atoms with Crippen molar-refractivity contribution in [2.24, 2.45) is 0 Å². The minimum atomic E-state index is 0.471. The average molecular weight is 260 g/mol. The van der Waals surface area contributed by atoms with E-state index in [-0.39, 0.29) is 0 Å². The monoisotopic (exact) mass is 260 g/mol. The Labute approximate surface area is 114 Å². The minimum absolute atomic E-state index is 0.471. The molecular formula is C15H20N2S. The van der Waals surface area contributed by atoms with E-state index in [4.69, 9.17) is 12.2 Å². The van der Waals surface area contributed by atoms with Gasteiger partial charge in [0.2, 0.25) is 0 Å². The first-order valence-electron chi connectivity index (χ1n) is 6.49. The van der Waals surface area contributed by atoms with Crippen LogP contribution >= 0.6 is 12.2 Å². The summed E-state index contributed by atoms with van der Waals surface area (Å²) >= 11 is 5.40. The molecule has 1 aromatic heterocycles. The third-order valence-electron chi connectivity index (χ3n) is 3.23. The maximum atomic E-state index is 5.40. The van der Waals surface area contributed by atoms with E-state index in [2.05, 4.69) is 60.7 Å². The van der Waals surface area contributed by atoms with Crippen LogP contribution in [0.1, 0.15) is 43.6 Å². The highest BCUT2D eigenvalue weighted by atomic mass is 32.1. The van der Waals surface area contributed by atoms with Crippen LogP contribution in [0, 0.1) is 4.77 Å². The molecule has 1 N–H and O–H groups in total. The maximum Gasteiger partial charge on any atom is 0.177 e. The lowest BCUT2D eigenvalue weighted by atomic mass is 10.0. The van der Waals surface area contributed by atoms with Gasteiger partial charge in [-0.2, -0.15) is 0 Å². The number of imidazole rings is 1. The summed E-state index contributed by atoms with van der Waals surface area (Å²) in [6.45, 7) is 7.47. The first-order chi connectivity index (χ1) is 8.63. The van der Waals surface area contributed by atoms with Gasteiger partial charge in [0.25, 0.3) is 0 Å². The first kappa shape index (κ1) is 13.1. The van der Waals surface area contributed by atoms with Crippen LogP contribution in [0.2, 0.25) is 0 Å². The molecule has 0 atom stereocenters. The van der Waals surface area contributed by atoms with E-state index < -0.39 is 0 Å². The highest BCUT2D eigenvalue weighted by molar-refractivity contribution is 7.71. The van der Waals surface area contributed by atoms with Crippen molar-refractivity contribution in [1.29, 1.82) is 0 Å². The largest absolute Gasteiger partial charge is 0.334 e. The lowest BCUT2D eigenvalue weighted by Gasteiger charge is -2.10. The third-order valence-corrected chi connectivity index (χ3v) is 3.55. The minimum Gasteiger partial charge on any atom is -0.334 e. The van der Waals surface area contributed by atoms with Crippen LogP contribution in [-0.4, -0.2) is 9.55 Å². The fourth-order valence-electron chi connectivity index (χ4n) is 2.31. The van der Waals surface area contributed by atoms with Crippen LogP contribution in [-0.2, 0) is 13.0 Å². The lowest BCUT2D eigenvalue weighted by Crippen LogP contribution is -2.04. The topological polar surface area (TPSA) is 20.7 Å². The normalized spacial score (nSPS) is 11.1. The van der Waals surface area contributed by atoms with Gasteiger partial charge < -0.3 is 9.55 Å². The Morgan fingerprint density at radius 1 is 1.22 bits per heavy atom. The number of hydrogen-bond acceptors (Lipinski definition) is 1. The first-order valence-corrected chi connectivity index (χ1v) is 6.89. The second-order valence-corrected chi connectivity index (χ2v) is 5.24. The molecular weight excluding hydrogens is 240 g/mol. The predicted octanol–water partition coefficient (Wildman–Crippen LogP) is 4.28. The van der Waals surface area contributed by atoms with Crippen molar-refractivity contribution in [3.05, 3.63) is 52.1 Å². The number of H-pyrrole nitrogens is 1. The van der Waals surface area contributed by atoms with E-state index in [1.165, 1.54) is 17.0 Å². The van der Waals surface area contributed by atoms with Gasteiger partial charge in [0.1, 0.15) is 0 Å². The molecule has 0 aliphatic rings. The van der Waals surface area contributed by atoms with Crippen LogP contribution in [0.4, 0.5) is 0 Å². The van der Waals surface area contributed by atoms with Crippen molar-refractivity contribution in [2.45, 2.75) is 39.7 Å². The summed E-state index contributed by atoms with van der Waals surface area (Å²) < 4.78 is 3.05. The maximum absolute atomic E-state index is 5.40. The molecule has 1 aromatic carbocycles. The molecule has 0 aliphatic carbocycles.